The summed E-state index contributed by atoms with van der Waals surface area (Å²) < 4.78 is 0. The van der Waals surface area contributed by atoms with Crippen LogP contribution in [0.1, 0.15) is 48.9 Å². The fourth-order valence-electron chi connectivity index (χ4n) is 2.09. The maximum atomic E-state index is 4.37. The van der Waals surface area contributed by atoms with E-state index < -0.39 is 0 Å². The van der Waals surface area contributed by atoms with Crippen molar-refractivity contribution in [3.63, 3.8) is 0 Å². The molecular formula is C16H23N3S. The third kappa shape index (κ3) is 3.44. The Bertz CT molecular complexity index is 563. The van der Waals surface area contributed by atoms with Crippen molar-refractivity contribution in [3.05, 3.63) is 34.3 Å². The molecule has 1 N–H and O–H groups in total. The van der Waals surface area contributed by atoms with E-state index in [0.717, 1.165) is 29.4 Å². The van der Waals surface area contributed by atoms with Gasteiger partial charge in [0.15, 0.2) is 0 Å². The van der Waals surface area contributed by atoms with Crippen molar-refractivity contribution in [2.24, 2.45) is 0 Å². The van der Waals surface area contributed by atoms with Crippen LogP contribution in [0.3, 0.4) is 0 Å². The summed E-state index contributed by atoms with van der Waals surface area (Å²) in [5.74, 6) is 0. The van der Waals surface area contributed by atoms with Gasteiger partial charge in [-0.2, -0.15) is 0 Å². The van der Waals surface area contributed by atoms with Crippen LogP contribution in [0.2, 0.25) is 0 Å². The van der Waals surface area contributed by atoms with Crippen LogP contribution in [0, 0.1) is 13.8 Å². The van der Waals surface area contributed by atoms with E-state index in [-0.39, 0.29) is 0 Å². The third-order valence-electron chi connectivity index (χ3n) is 3.54. The van der Waals surface area contributed by atoms with E-state index >= 15 is 0 Å². The minimum absolute atomic E-state index is 0.327. The van der Waals surface area contributed by atoms with E-state index in [9.17, 15) is 0 Å². The normalized spacial score (nSPS) is 12.6. The Morgan fingerprint density at radius 3 is 2.60 bits per heavy atom. The Morgan fingerprint density at radius 1 is 1.15 bits per heavy atom. The quantitative estimate of drug-likeness (QED) is 0.863. The van der Waals surface area contributed by atoms with Crippen LogP contribution in [0.5, 0.6) is 0 Å². The molecule has 0 bridgehead atoms. The molecule has 0 aliphatic rings. The largest absolute Gasteiger partial charge is 0.308 e. The number of aryl methyl sites for hydroxylation is 2. The highest BCUT2D eigenvalue weighted by Crippen LogP contribution is 2.29. The molecule has 1 aromatic heterocycles. The van der Waals surface area contributed by atoms with Crippen molar-refractivity contribution in [3.8, 4) is 10.6 Å². The summed E-state index contributed by atoms with van der Waals surface area (Å²) >= 11 is 1.70. The van der Waals surface area contributed by atoms with Crippen LogP contribution in [0.25, 0.3) is 10.6 Å². The minimum atomic E-state index is 0.327. The fraction of sp³-hybridized carbons (Fsp3) is 0.500. The summed E-state index contributed by atoms with van der Waals surface area (Å²) in [5.41, 5.74) is 3.78. The number of hydrogen-bond donors (Lipinski definition) is 1. The molecular weight excluding hydrogens is 266 g/mol. The molecule has 0 aliphatic carbocycles. The van der Waals surface area contributed by atoms with Crippen LogP contribution in [0.15, 0.2) is 18.2 Å². The molecule has 0 amide bonds. The molecule has 0 fully saturated rings. The van der Waals surface area contributed by atoms with Crippen molar-refractivity contribution < 1.29 is 0 Å². The van der Waals surface area contributed by atoms with Gasteiger partial charge in [0.05, 0.1) is 6.04 Å². The standard InChI is InChI=1S/C16H23N3S/c1-5-9-17-14(6-2)16-19-18-15(20-16)13-8-7-11(3)12(4)10-13/h7-8,10,14,17H,5-6,9H2,1-4H3. The third-order valence-corrected chi connectivity index (χ3v) is 4.63. The summed E-state index contributed by atoms with van der Waals surface area (Å²) in [6, 6.07) is 6.80. The van der Waals surface area contributed by atoms with Gasteiger partial charge in [-0.05, 0) is 50.4 Å². The Balaban J connectivity index is 2.20. The molecule has 20 heavy (non-hydrogen) atoms. The monoisotopic (exact) mass is 289 g/mol. The first-order valence-corrected chi connectivity index (χ1v) is 8.11. The molecule has 3 nitrogen and oxygen atoms in total. The van der Waals surface area contributed by atoms with Gasteiger partial charge in [0.25, 0.3) is 0 Å². The van der Waals surface area contributed by atoms with E-state index in [1.165, 1.54) is 16.7 Å². The number of rotatable bonds is 6. The van der Waals surface area contributed by atoms with E-state index in [4.69, 9.17) is 0 Å². The molecule has 0 spiro atoms. The predicted octanol–water partition coefficient (Wildman–Crippen LogP) is 4.27. The maximum absolute atomic E-state index is 4.37. The van der Waals surface area contributed by atoms with Gasteiger partial charge in [-0.15, -0.1) is 10.2 Å². The van der Waals surface area contributed by atoms with Crippen LogP contribution >= 0.6 is 11.3 Å². The first-order valence-electron chi connectivity index (χ1n) is 7.30. The molecule has 2 aromatic rings. The zero-order chi connectivity index (χ0) is 14.5. The molecule has 0 aliphatic heterocycles. The summed E-state index contributed by atoms with van der Waals surface area (Å²) in [5, 5.41) is 14.4. The molecule has 0 radical (unpaired) electrons. The van der Waals surface area contributed by atoms with Crippen LogP contribution in [0.4, 0.5) is 0 Å². The van der Waals surface area contributed by atoms with Crippen molar-refractivity contribution in [1.82, 2.24) is 15.5 Å². The van der Waals surface area contributed by atoms with Crippen molar-refractivity contribution in [2.75, 3.05) is 6.54 Å². The second kappa shape index (κ2) is 6.95. The summed E-state index contributed by atoms with van der Waals surface area (Å²) in [6.45, 7) is 9.66. The lowest BCUT2D eigenvalue weighted by atomic mass is 10.1. The highest BCUT2D eigenvalue weighted by molar-refractivity contribution is 7.14. The molecule has 0 saturated heterocycles. The lowest BCUT2D eigenvalue weighted by Crippen LogP contribution is -2.21. The van der Waals surface area contributed by atoms with Gasteiger partial charge in [0, 0.05) is 5.56 Å². The highest BCUT2D eigenvalue weighted by atomic mass is 32.1. The van der Waals surface area contributed by atoms with E-state index in [0.29, 0.717) is 6.04 Å². The molecule has 1 unspecified atom stereocenters. The lowest BCUT2D eigenvalue weighted by molar-refractivity contribution is 0.513. The second-order valence-electron chi connectivity index (χ2n) is 5.16. The van der Waals surface area contributed by atoms with Crippen LogP contribution in [-0.4, -0.2) is 16.7 Å². The van der Waals surface area contributed by atoms with Gasteiger partial charge in [-0.1, -0.05) is 37.3 Å². The molecule has 0 saturated carbocycles. The van der Waals surface area contributed by atoms with Crippen molar-refractivity contribution >= 4 is 11.3 Å². The topological polar surface area (TPSA) is 37.8 Å². The van der Waals surface area contributed by atoms with Gasteiger partial charge < -0.3 is 5.32 Å². The van der Waals surface area contributed by atoms with Crippen molar-refractivity contribution in [2.45, 2.75) is 46.6 Å². The van der Waals surface area contributed by atoms with E-state index in [2.05, 4.69) is 61.4 Å². The Hall–Kier alpha value is -1.26. The maximum Gasteiger partial charge on any atom is 0.147 e. The molecule has 108 valence electrons. The average molecular weight is 289 g/mol. The highest BCUT2D eigenvalue weighted by Gasteiger charge is 2.15. The van der Waals surface area contributed by atoms with Gasteiger partial charge in [-0.3, -0.25) is 0 Å². The van der Waals surface area contributed by atoms with Gasteiger partial charge >= 0.3 is 0 Å². The van der Waals surface area contributed by atoms with E-state index in [1.54, 1.807) is 11.3 Å². The number of benzene rings is 1. The number of hydrogen-bond acceptors (Lipinski definition) is 4. The number of aromatic nitrogens is 2. The second-order valence-corrected chi connectivity index (χ2v) is 6.17. The first kappa shape index (κ1) is 15.1. The van der Waals surface area contributed by atoms with Gasteiger partial charge in [0.1, 0.15) is 10.0 Å². The SMILES string of the molecule is CCCNC(CC)c1nnc(-c2ccc(C)c(C)c2)s1. The Labute approximate surface area is 125 Å². The molecule has 2 rings (SSSR count). The molecule has 4 heteroatoms. The average Bonchev–Trinajstić information content (AvgIpc) is 2.92. The molecule has 1 heterocycles. The first-order chi connectivity index (χ1) is 9.65. The van der Waals surface area contributed by atoms with Crippen molar-refractivity contribution in [1.29, 1.82) is 0 Å². The Morgan fingerprint density at radius 2 is 1.95 bits per heavy atom. The molecule has 1 aromatic carbocycles. The summed E-state index contributed by atoms with van der Waals surface area (Å²) in [6.07, 6.45) is 2.18. The lowest BCUT2D eigenvalue weighted by Gasteiger charge is -2.12. The number of nitrogens with zero attached hydrogens (tertiary/aromatic N) is 2. The van der Waals surface area contributed by atoms with E-state index in [1.807, 2.05) is 0 Å². The summed E-state index contributed by atoms with van der Waals surface area (Å²) in [7, 11) is 0. The van der Waals surface area contributed by atoms with Gasteiger partial charge in [-0.25, -0.2) is 0 Å². The number of nitrogens with one attached hydrogen (secondary N) is 1. The minimum Gasteiger partial charge on any atom is -0.308 e. The van der Waals surface area contributed by atoms with Crippen LogP contribution in [-0.2, 0) is 0 Å². The smallest absolute Gasteiger partial charge is 0.147 e. The predicted molar refractivity (Wildman–Crippen MR) is 86.1 cm³/mol. The molecule has 1 atom stereocenters. The zero-order valence-corrected chi connectivity index (χ0v) is 13.5. The van der Waals surface area contributed by atoms with Crippen LogP contribution < -0.4 is 5.32 Å². The fourth-order valence-corrected chi connectivity index (χ4v) is 3.09. The Kier molecular flexibility index (Phi) is 5.26. The van der Waals surface area contributed by atoms with Gasteiger partial charge in [0.2, 0.25) is 0 Å². The zero-order valence-electron chi connectivity index (χ0n) is 12.7. The summed E-state index contributed by atoms with van der Waals surface area (Å²) in [4.78, 5) is 0.